The second kappa shape index (κ2) is 16.4. The number of aliphatic hydroxyl groups excluding tert-OH is 1. The summed E-state index contributed by atoms with van der Waals surface area (Å²) in [6.07, 6.45) is -0.0614. The largest absolute Gasteiger partial charge is 0.490 e. The third-order valence-electron chi connectivity index (χ3n) is 8.49. The molecule has 1 aliphatic rings. The molecule has 49 heavy (non-hydrogen) atoms. The average molecular weight is 710 g/mol. The Morgan fingerprint density at radius 2 is 1.86 bits per heavy atom. The van der Waals surface area contributed by atoms with Gasteiger partial charge in [-0.2, -0.15) is 21.6 Å². The first-order chi connectivity index (χ1) is 23.1. The maximum Gasteiger partial charge on any atom is 0.416 e. The summed E-state index contributed by atoms with van der Waals surface area (Å²) in [5.41, 5.74) is 0.291. The minimum absolute atomic E-state index is 0.134. The van der Waals surface area contributed by atoms with Crippen LogP contribution in [0.2, 0.25) is 0 Å². The number of ether oxygens (including phenoxy) is 2. The number of benzene rings is 2. The minimum atomic E-state index is -4.41. The predicted molar refractivity (Wildman–Crippen MR) is 179 cm³/mol. The molecule has 1 aliphatic heterocycles. The molecule has 2 aromatic carbocycles. The highest BCUT2D eigenvalue weighted by Gasteiger charge is 2.32. The van der Waals surface area contributed by atoms with Crippen LogP contribution in [0.15, 0.2) is 60.0 Å². The van der Waals surface area contributed by atoms with Crippen LogP contribution < -0.4 is 9.46 Å². The van der Waals surface area contributed by atoms with Crippen molar-refractivity contribution in [3.8, 4) is 5.75 Å². The fourth-order valence-electron chi connectivity index (χ4n) is 5.67. The smallest absolute Gasteiger partial charge is 0.416 e. The minimum Gasteiger partial charge on any atom is -0.490 e. The monoisotopic (exact) mass is 709 g/mol. The van der Waals surface area contributed by atoms with Crippen molar-refractivity contribution in [3.63, 3.8) is 0 Å². The molecule has 0 saturated carbocycles. The van der Waals surface area contributed by atoms with Gasteiger partial charge < -0.3 is 24.0 Å². The van der Waals surface area contributed by atoms with E-state index >= 15 is 0 Å². The average Bonchev–Trinajstić information content (AvgIpc) is 3.49. The summed E-state index contributed by atoms with van der Waals surface area (Å²) in [5.74, 6) is -0.393. The number of likely N-dealkylation sites (N-methyl/N-ethyl adjacent to an activating group) is 1. The number of anilines is 1. The number of aromatic nitrogens is 2. The molecule has 0 aliphatic carbocycles. The Labute approximate surface area is 286 Å². The van der Waals surface area contributed by atoms with Gasteiger partial charge in [-0.15, -0.1) is 0 Å². The van der Waals surface area contributed by atoms with Crippen LogP contribution in [-0.4, -0.2) is 90.4 Å². The molecule has 0 radical (unpaired) electrons. The van der Waals surface area contributed by atoms with E-state index in [9.17, 15) is 31.5 Å². The topological polar surface area (TPSA) is 126 Å². The molecule has 0 fully saturated rings. The van der Waals surface area contributed by atoms with Gasteiger partial charge in [-0.3, -0.25) is 14.4 Å². The molecule has 2 N–H and O–H groups in total. The van der Waals surface area contributed by atoms with Crippen LogP contribution in [-0.2, 0) is 34.5 Å². The van der Waals surface area contributed by atoms with E-state index in [1.165, 1.54) is 46.3 Å². The molecule has 3 aromatic rings. The molecule has 15 heteroatoms. The van der Waals surface area contributed by atoms with E-state index in [4.69, 9.17) is 9.47 Å². The maximum absolute atomic E-state index is 14.3. The van der Waals surface area contributed by atoms with Crippen molar-refractivity contribution in [3.05, 3.63) is 71.7 Å². The number of halogens is 3. The van der Waals surface area contributed by atoms with Gasteiger partial charge in [0.25, 0.3) is 15.9 Å². The number of fused-ring (bicyclic) bond motifs is 1. The standard InChI is InChI=1S/C34H46F3N5O6S/c1-23-17-42(24(2)21-43)33(44)29-16-28(39-49(45,46)32-20-41(5)22-38-32)13-14-30(29)48-25(3)8-6-7-15-47-31(23)19-40(4)18-26-9-11-27(12-10-26)34(35,36)37/h9-14,16,20,22-25,31,39,43H,6-8,15,17-19,21H2,1-5H3/t23-,24+,25-,31+/m1/s1. The number of aryl methyl sites for hydroxylation is 1. The van der Waals surface area contributed by atoms with Crippen LogP contribution in [0.4, 0.5) is 18.9 Å². The number of carbonyl (C=O) groups is 1. The molecule has 0 bridgehead atoms. The molecule has 0 unspecified atom stereocenters. The normalized spacial score (nSPS) is 20.7. The van der Waals surface area contributed by atoms with Gasteiger partial charge in [0.2, 0.25) is 0 Å². The molecule has 2 heterocycles. The molecule has 1 aromatic heterocycles. The van der Waals surface area contributed by atoms with Gasteiger partial charge in [0.15, 0.2) is 5.03 Å². The zero-order valence-corrected chi connectivity index (χ0v) is 29.3. The lowest BCUT2D eigenvalue weighted by Crippen LogP contribution is -2.47. The van der Waals surface area contributed by atoms with Crippen molar-refractivity contribution < 1.29 is 41.0 Å². The molecule has 0 spiro atoms. The number of aliphatic hydroxyl groups is 1. The van der Waals surface area contributed by atoms with E-state index in [1.54, 1.807) is 20.0 Å². The van der Waals surface area contributed by atoms with E-state index in [0.717, 1.165) is 30.5 Å². The number of hydrogen-bond acceptors (Lipinski definition) is 8. The van der Waals surface area contributed by atoms with Gasteiger partial charge in [-0.1, -0.05) is 19.1 Å². The highest BCUT2D eigenvalue weighted by Crippen LogP contribution is 2.31. The lowest BCUT2D eigenvalue weighted by atomic mass is 10.0. The summed E-state index contributed by atoms with van der Waals surface area (Å²) in [4.78, 5) is 21.8. The first kappa shape index (κ1) is 38.1. The third kappa shape index (κ3) is 10.4. The summed E-state index contributed by atoms with van der Waals surface area (Å²) in [6, 6.07) is 9.00. The Hall–Kier alpha value is -3.66. The van der Waals surface area contributed by atoms with Crippen LogP contribution in [0, 0.1) is 5.92 Å². The lowest BCUT2D eigenvalue weighted by molar-refractivity contribution is -0.137. The van der Waals surface area contributed by atoms with Crippen molar-refractivity contribution in [1.29, 1.82) is 0 Å². The zero-order valence-electron chi connectivity index (χ0n) is 28.5. The number of sulfonamides is 1. The highest BCUT2D eigenvalue weighted by atomic mass is 32.2. The van der Waals surface area contributed by atoms with Gasteiger partial charge in [0.05, 0.1) is 42.3 Å². The van der Waals surface area contributed by atoms with Gasteiger partial charge in [-0.25, -0.2) is 4.98 Å². The Bertz CT molecular complexity index is 1650. The van der Waals surface area contributed by atoms with Gasteiger partial charge in [0, 0.05) is 51.1 Å². The fourth-order valence-corrected chi connectivity index (χ4v) is 6.70. The number of nitrogens with one attached hydrogen (secondary N) is 1. The van der Waals surface area contributed by atoms with E-state index in [-0.39, 0.29) is 47.6 Å². The van der Waals surface area contributed by atoms with Crippen molar-refractivity contribution >= 4 is 21.6 Å². The van der Waals surface area contributed by atoms with Crippen molar-refractivity contribution in [2.45, 2.75) is 76.0 Å². The Balaban J connectivity index is 1.60. The fraction of sp³-hybridized carbons (Fsp3) is 0.529. The molecule has 4 rings (SSSR count). The van der Waals surface area contributed by atoms with Crippen molar-refractivity contribution in [1.82, 2.24) is 19.4 Å². The second-order valence-electron chi connectivity index (χ2n) is 12.9. The molecule has 270 valence electrons. The zero-order chi connectivity index (χ0) is 35.9. The first-order valence-corrected chi connectivity index (χ1v) is 17.7. The van der Waals surface area contributed by atoms with E-state index in [1.807, 2.05) is 25.8 Å². The Kier molecular flexibility index (Phi) is 12.7. The number of alkyl halides is 3. The van der Waals surface area contributed by atoms with E-state index < -0.39 is 33.7 Å². The number of hydrogen-bond donors (Lipinski definition) is 2. The van der Waals surface area contributed by atoms with Crippen LogP contribution in [0.1, 0.15) is 61.5 Å². The van der Waals surface area contributed by atoms with Crippen LogP contribution in [0.25, 0.3) is 0 Å². The van der Waals surface area contributed by atoms with Crippen molar-refractivity contribution in [2.24, 2.45) is 13.0 Å². The molecular formula is C34H46F3N5O6S. The predicted octanol–water partition coefficient (Wildman–Crippen LogP) is 5.17. The number of imidazole rings is 1. The molecule has 11 nitrogen and oxygen atoms in total. The summed E-state index contributed by atoms with van der Waals surface area (Å²) in [6.45, 7) is 6.73. The van der Waals surface area contributed by atoms with Gasteiger partial charge >= 0.3 is 6.18 Å². The van der Waals surface area contributed by atoms with E-state index in [2.05, 4.69) is 9.71 Å². The molecule has 1 amide bonds. The second-order valence-corrected chi connectivity index (χ2v) is 14.5. The Morgan fingerprint density at radius 3 is 2.49 bits per heavy atom. The summed E-state index contributed by atoms with van der Waals surface area (Å²) >= 11 is 0. The van der Waals surface area contributed by atoms with Crippen LogP contribution >= 0.6 is 0 Å². The van der Waals surface area contributed by atoms with E-state index in [0.29, 0.717) is 31.9 Å². The maximum atomic E-state index is 14.3. The highest BCUT2D eigenvalue weighted by molar-refractivity contribution is 7.92. The quantitative estimate of drug-likeness (QED) is 0.312. The number of rotatable bonds is 9. The number of nitrogens with zero attached hydrogens (tertiary/aromatic N) is 4. The van der Waals surface area contributed by atoms with Crippen LogP contribution in [0.3, 0.4) is 0 Å². The third-order valence-corrected chi connectivity index (χ3v) is 9.75. The summed E-state index contributed by atoms with van der Waals surface area (Å²) in [5, 5.41) is 10.0. The van der Waals surface area contributed by atoms with Crippen LogP contribution in [0.5, 0.6) is 5.75 Å². The number of carbonyl (C=O) groups excluding carboxylic acids is 1. The first-order valence-electron chi connectivity index (χ1n) is 16.3. The molecule has 4 atom stereocenters. The van der Waals surface area contributed by atoms with Gasteiger partial charge in [-0.05, 0) is 76.1 Å². The summed E-state index contributed by atoms with van der Waals surface area (Å²) < 4.78 is 81.9. The SMILES string of the molecule is C[C@@H]1CCCCO[C@@H](CN(C)Cc2ccc(C(F)(F)F)cc2)[C@H](C)CN([C@@H](C)CO)C(=O)c2cc(NS(=O)(=O)c3cn(C)cn3)ccc2O1. The molecule has 0 saturated heterocycles. The van der Waals surface area contributed by atoms with Gasteiger partial charge in [0.1, 0.15) is 5.75 Å². The van der Waals surface area contributed by atoms with Crippen molar-refractivity contribution in [2.75, 3.05) is 38.1 Å². The number of amides is 1. The lowest BCUT2D eigenvalue weighted by Gasteiger charge is -2.36. The molecular weight excluding hydrogens is 663 g/mol. The Morgan fingerprint density at radius 1 is 1.14 bits per heavy atom. The summed E-state index contributed by atoms with van der Waals surface area (Å²) in [7, 11) is -0.534.